The van der Waals surface area contributed by atoms with Gasteiger partial charge in [-0.15, -0.1) is 0 Å². The summed E-state index contributed by atoms with van der Waals surface area (Å²) >= 11 is 7.97. The third-order valence-corrected chi connectivity index (χ3v) is 4.79. The summed E-state index contributed by atoms with van der Waals surface area (Å²) < 4.78 is 13.1. The molecule has 0 radical (unpaired) electrons. The van der Waals surface area contributed by atoms with Gasteiger partial charge in [0.1, 0.15) is 15.8 Å². The summed E-state index contributed by atoms with van der Waals surface area (Å²) in [7, 11) is -1.24. The molecule has 2 nitrogen and oxygen atoms in total. The van der Waals surface area contributed by atoms with Crippen LogP contribution in [0.5, 0.6) is 0 Å². The molecule has 2 aromatic rings. The second kappa shape index (κ2) is 5.25. The average molecular weight is 364 g/mol. The van der Waals surface area contributed by atoms with E-state index in [1.165, 1.54) is 0 Å². The maximum atomic E-state index is 12.2. The number of benzene rings is 1. The standard InChI is InChI=1S/C11H7ClINOS/c12-8-4-5-10(9(13)7-8)16(15)11-3-1-2-6-14-11/h1-7H. The first-order chi connectivity index (χ1) is 7.68. The Balaban J connectivity index is 2.42. The van der Waals surface area contributed by atoms with Gasteiger partial charge in [-0.2, -0.15) is 0 Å². The van der Waals surface area contributed by atoms with Crippen molar-refractivity contribution in [3.8, 4) is 0 Å². The molecule has 0 aliphatic rings. The summed E-state index contributed by atoms with van der Waals surface area (Å²) in [5.41, 5.74) is 0. The zero-order valence-corrected chi connectivity index (χ0v) is 11.8. The lowest BCUT2D eigenvalue weighted by atomic mass is 10.4. The first-order valence-electron chi connectivity index (χ1n) is 4.46. The topological polar surface area (TPSA) is 30.0 Å². The van der Waals surface area contributed by atoms with E-state index in [-0.39, 0.29) is 0 Å². The number of aromatic nitrogens is 1. The van der Waals surface area contributed by atoms with Gasteiger partial charge in [0.2, 0.25) is 0 Å². The van der Waals surface area contributed by atoms with E-state index in [2.05, 4.69) is 27.6 Å². The van der Waals surface area contributed by atoms with Gasteiger partial charge in [-0.3, -0.25) is 0 Å². The molecule has 0 spiro atoms. The zero-order chi connectivity index (χ0) is 11.5. The van der Waals surface area contributed by atoms with Crippen molar-refractivity contribution in [2.24, 2.45) is 0 Å². The van der Waals surface area contributed by atoms with E-state index in [1.807, 2.05) is 6.07 Å². The fourth-order valence-electron chi connectivity index (χ4n) is 1.19. The Labute approximate surface area is 115 Å². The van der Waals surface area contributed by atoms with Crippen molar-refractivity contribution in [1.82, 2.24) is 4.98 Å². The summed E-state index contributed by atoms with van der Waals surface area (Å²) in [6.07, 6.45) is 1.63. The molecule has 0 aliphatic heterocycles. The monoisotopic (exact) mass is 363 g/mol. The van der Waals surface area contributed by atoms with Gasteiger partial charge in [0.15, 0.2) is 0 Å². The van der Waals surface area contributed by atoms with Crippen LogP contribution in [0, 0.1) is 3.57 Å². The number of nitrogens with zero attached hydrogens (tertiary/aromatic N) is 1. The second-order valence-electron chi connectivity index (χ2n) is 3.01. The largest absolute Gasteiger partial charge is 0.247 e. The lowest BCUT2D eigenvalue weighted by molar-refractivity contribution is 0.680. The van der Waals surface area contributed by atoms with Crippen molar-refractivity contribution in [1.29, 1.82) is 0 Å². The maximum Gasteiger partial charge on any atom is 0.132 e. The summed E-state index contributed by atoms with van der Waals surface area (Å²) in [5, 5.41) is 1.20. The predicted molar refractivity (Wildman–Crippen MR) is 73.1 cm³/mol. The minimum absolute atomic E-state index is 0.558. The van der Waals surface area contributed by atoms with Crippen LogP contribution in [0.3, 0.4) is 0 Å². The van der Waals surface area contributed by atoms with Gasteiger partial charge in [-0.25, -0.2) is 9.19 Å². The van der Waals surface area contributed by atoms with Crippen LogP contribution in [0.15, 0.2) is 52.5 Å². The lowest BCUT2D eigenvalue weighted by Crippen LogP contribution is -1.97. The Hall–Kier alpha value is -0.460. The molecule has 1 atom stereocenters. The molecule has 0 aliphatic carbocycles. The van der Waals surface area contributed by atoms with Crippen molar-refractivity contribution in [3.05, 3.63) is 51.2 Å². The van der Waals surface area contributed by atoms with Crippen LogP contribution in [-0.4, -0.2) is 9.19 Å². The number of halogens is 2. The third kappa shape index (κ3) is 2.61. The average Bonchev–Trinajstić information content (AvgIpc) is 2.29. The molecule has 0 bridgehead atoms. The normalized spacial score (nSPS) is 12.4. The molecule has 0 fully saturated rings. The Kier molecular flexibility index (Phi) is 3.94. The maximum absolute atomic E-state index is 12.2. The fraction of sp³-hybridized carbons (Fsp3) is 0. The van der Waals surface area contributed by atoms with Crippen LogP contribution in [-0.2, 0) is 10.8 Å². The molecule has 0 saturated heterocycles. The van der Waals surface area contributed by atoms with Crippen molar-refractivity contribution in [2.45, 2.75) is 9.92 Å². The highest BCUT2D eigenvalue weighted by Crippen LogP contribution is 2.23. The highest BCUT2D eigenvalue weighted by molar-refractivity contribution is 14.1. The van der Waals surface area contributed by atoms with E-state index in [0.29, 0.717) is 10.0 Å². The molecule has 0 saturated carbocycles. The molecule has 0 amide bonds. The fourth-order valence-corrected chi connectivity index (χ4v) is 3.68. The van der Waals surface area contributed by atoms with Crippen LogP contribution >= 0.6 is 34.2 Å². The Morgan fingerprint density at radius 3 is 2.69 bits per heavy atom. The third-order valence-electron chi connectivity index (χ3n) is 1.92. The highest BCUT2D eigenvalue weighted by atomic mass is 127. The highest BCUT2D eigenvalue weighted by Gasteiger charge is 2.11. The molecule has 1 aromatic carbocycles. The zero-order valence-electron chi connectivity index (χ0n) is 8.06. The molecule has 0 N–H and O–H groups in total. The molecular weight excluding hydrogens is 357 g/mol. The smallest absolute Gasteiger partial charge is 0.132 e. The molecule has 1 aromatic heterocycles. The van der Waals surface area contributed by atoms with Crippen LogP contribution in [0.1, 0.15) is 0 Å². The minimum atomic E-state index is -1.24. The van der Waals surface area contributed by atoms with Crippen LogP contribution in [0.25, 0.3) is 0 Å². The van der Waals surface area contributed by atoms with Crippen molar-refractivity contribution >= 4 is 45.0 Å². The van der Waals surface area contributed by atoms with Crippen molar-refractivity contribution < 1.29 is 4.21 Å². The molecule has 2 rings (SSSR count). The van der Waals surface area contributed by atoms with Crippen molar-refractivity contribution in [2.75, 3.05) is 0 Å². The van der Waals surface area contributed by atoms with Crippen LogP contribution in [0.4, 0.5) is 0 Å². The Bertz CT molecular complexity index is 533. The first-order valence-corrected chi connectivity index (χ1v) is 7.07. The quantitative estimate of drug-likeness (QED) is 0.764. The Morgan fingerprint density at radius 2 is 2.06 bits per heavy atom. The van der Waals surface area contributed by atoms with Gasteiger partial charge < -0.3 is 0 Å². The van der Waals surface area contributed by atoms with Crippen molar-refractivity contribution in [3.63, 3.8) is 0 Å². The molecule has 82 valence electrons. The van der Waals surface area contributed by atoms with Gasteiger partial charge in [-0.1, -0.05) is 17.7 Å². The second-order valence-corrected chi connectivity index (χ2v) is 6.01. The molecule has 1 heterocycles. The number of hydrogen-bond donors (Lipinski definition) is 0. The number of pyridine rings is 1. The van der Waals surface area contributed by atoms with Gasteiger partial charge in [-0.05, 0) is 52.9 Å². The van der Waals surface area contributed by atoms with Gasteiger partial charge in [0.05, 0.1) is 4.90 Å². The number of hydrogen-bond acceptors (Lipinski definition) is 2. The SMILES string of the molecule is O=S(c1ccccn1)c1ccc(Cl)cc1I. The summed E-state index contributed by atoms with van der Waals surface area (Å²) in [6.45, 7) is 0. The van der Waals surface area contributed by atoms with E-state index in [0.717, 1.165) is 8.47 Å². The lowest BCUT2D eigenvalue weighted by Gasteiger charge is -2.04. The minimum Gasteiger partial charge on any atom is -0.247 e. The molecule has 5 heteroatoms. The van der Waals surface area contributed by atoms with E-state index in [1.54, 1.807) is 36.5 Å². The Morgan fingerprint density at radius 1 is 1.25 bits per heavy atom. The first kappa shape index (κ1) is 12.0. The van der Waals surface area contributed by atoms with E-state index in [4.69, 9.17) is 11.6 Å². The van der Waals surface area contributed by atoms with Gasteiger partial charge in [0, 0.05) is 14.8 Å². The summed E-state index contributed by atoms with van der Waals surface area (Å²) in [5.74, 6) is 0. The van der Waals surface area contributed by atoms with E-state index >= 15 is 0 Å². The number of rotatable bonds is 2. The van der Waals surface area contributed by atoms with Crippen LogP contribution < -0.4 is 0 Å². The van der Waals surface area contributed by atoms with Crippen LogP contribution in [0.2, 0.25) is 5.02 Å². The molecule has 16 heavy (non-hydrogen) atoms. The van der Waals surface area contributed by atoms with Gasteiger partial charge in [0.25, 0.3) is 0 Å². The predicted octanol–water partition coefficient (Wildman–Crippen LogP) is 3.51. The molecular formula is C11H7ClINOS. The molecule has 1 unspecified atom stereocenters. The summed E-state index contributed by atoms with van der Waals surface area (Å²) in [4.78, 5) is 4.82. The van der Waals surface area contributed by atoms with E-state index < -0.39 is 10.8 Å². The van der Waals surface area contributed by atoms with Gasteiger partial charge >= 0.3 is 0 Å². The summed E-state index contributed by atoms with van der Waals surface area (Å²) in [6, 6.07) is 10.7. The van der Waals surface area contributed by atoms with E-state index in [9.17, 15) is 4.21 Å².